The zero-order valence-corrected chi connectivity index (χ0v) is 18.2. The predicted octanol–water partition coefficient (Wildman–Crippen LogP) is 5.29. The predicted molar refractivity (Wildman–Crippen MR) is 127 cm³/mol. The monoisotopic (exact) mass is 445 g/mol. The van der Waals surface area contributed by atoms with Crippen LogP contribution < -0.4 is 9.04 Å². The van der Waals surface area contributed by atoms with Crippen molar-refractivity contribution in [1.82, 2.24) is 0 Å². The topological polar surface area (TPSA) is 59.1 Å². The third-order valence-corrected chi connectivity index (χ3v) is 7.03. The summed E-state index contributed by atoms with van der Waals surface area (Å²) in [4.78, 5) is 0. The first-order valence-corrected chi connectivity index (χ1v) is 12.1. The zero-order valence-electron chi connectivity index (χ0n) is 17.4. The third kappa shape index (κ3) is 4.47. The van der Waals surface area contributed by atoms with Crippen LogP contribution in [0.3, 0.4) is 0 Å². The van der Waals surface area contributed by atoms with E-state index in [0.717, 1.165) is 17.4 Å². The quantitative estimate of drug-likeness (QED) is 0.346. The highest BCUT2D eigenvalue weighted by Gasteiger charge is 2.26. The maximum absolute atomic E-state index is 13.7. The molecule has 0 saturated carbocycles. The fourth-order valence-electron chi connectivity index (χ4n) is 3.71. The lowest BCUT2D eigenvalue weighted by atomic mass is 10.1. The smallest absolute Gasteiger partial charge is 0.243 e. The summed E-state index contributed by atoms with van der Waals surface area (Å²) < 4.78 is 39.7. The lowest BCUT2D eigenvalue weighted by Gasteiger charge is -2.26. The Balaban J connectivity index is 1.49. The van der Waals surface area contributed by atoms with E-state index in [1.54, 1.807) is 24.3 Å². The lowest BCUT2D eigenvalue weighted by Crippen LogP contribution is -2.27. The fraction of sp³-hybridized carbons (Fsp3) is 0.154. The van der Waals surface area contributed by atoms with Gasteiger partial charge in [0.1, 0.15) is 18.5 Å². The van der Waals surface area contributed by atoms with Gasteiger partial charge >= 0.3 is 0 Å². The summed E-state index contributed by atoms with van der Waals surface area (Å²) in [5.41, 5.74) is 1.94. The van der Waals surface area contributed by atoms with Gasteiger partial charge in [0.15, 0.2) is 0 Å². The normalized spacial score (nSPS) is 15.4. The molecule has 5 rings (SSSR count). The average Bonchev–Trinajstić information content (AvgIpc) is 3.64. The summed E-state index contributed by atoms with van der Waals surface area (Å²) in [5, 5.41) is 1.87. The van der Waals surface area contributed by atoms with Crippen molar-refractivity contribution < 1.29 is 17.9 Å². The fourth-order valence-corrected chi connectivity index (χ4v) is 5.35. The van der Waals surface area contributed by atoms with Crippen molar-refractivity contribution in [2.24, 2.45) is 0 Å². The highest BCUT2D eigenvalue weighted by Crippen LogP contribution is 2.35. The summed E-state index contributed by atoms with van der Waals surface area (Å²) in [6, 6.07) is 29.9. The molecule has 4 aromatic carbocycles. The van der Waals surface area contributed by atoms with Crippen LogP contribution in [-0.2, 0) is 20.5 Å². The molecule has 0 aliphatic carbocycles. The van der Waals surface area contributed by atoms with Crippen molar-refractivity contribution in [2.75, 3.05) is 17.5 Å². The van der Waals surface area contributed by atoms with E-state index in [1.165, 1.54) is 4.31 Å². The summed E-state index contributed by atoms with van der Waals surface area (Å²) in [7, 11) is -3.73. The summed E-state index contributed by atoms with van der Waals surface area (Å²) >= 11 is 0. The van der Waals surface area contributed by atoms with Crippen LogP contribution in [0.4, 0.5) is 11.4 Å². The highest BCUT2D eigenvalue weighted by molar-refractivity contribution is 7.92. The molecule has 1 aliphatic heterocycles. The Kier molecular flexibility index (Phi) is 5.55. The average molecular weight is 446 g/mol. The molecule has 4 aromatic rings. The minimum Gasteiger partial charge on any atom is -0.491 e. The molecule has 1 aliphatic rings. The van der Waals surface area contributed by atoms with Gasteiger partial charge in [-0.15, -0.1) is 0 Å². The molecule has 32 heavy (non-hydrogen) atoms. The Labute approximate surface area is 187 Å². The van der Waals surface area contributed by atoms with Crippen molar-refractivity contribution in [3.05, 3.63) is 103 Å². The first-order valence-electron chi connectivity index (χ1n) is 10.5. The first-order chi connectivity index (χ1) is 15.6. The maximum Gasteiger partial charge on any atom is 0.243 e. The van der Waals surface area contributed by atoms with Crippen LogP contribution in [0.25, 0.3) is 10.8 Å². The van der Waals surface area contributed by atoms with Gasteiger partial charge in [0.25, 0.3) is 0 Å². The standard InChI is InChI=1S/C26H23NO4S/c28-32(29,19-20-13-15-23(16-14-20)30-17-24-18-31-24)27(22-9-2-1-3-10-22)26-12-6-8-21-7-4-5-11-25(21)26/h1-16,24H,17-19H2. The van der Waals surface area contributed by atoms with Gasteiger partial charge in [-0.05, 0) is 41.3 Å². The van der Waals surface area contributed by atoms with E-state index in [2.05, 4.69) is 0 Å². The number of ether oxygens (including phenoxy) is 2. The van der Waals surface area contributed by atoms with Gasteiger partial charge in [0, 0.05) is 5.39 Å². The molecule has 1 heterocycles. The van der Waals surface area contributed by atoms with Crippen LogP contribution in [0, 0.1) is 0 Å². The number of para-hydroxylation sites is 1. The van der Waals surface area contributed by atoms with Crippen molar-refractivity contribution >= 4 is 32.2 Å². The van der Waals surface area contributed by atoms with E-state index >= 15 is 0 Å². The second-order valence-corrected chi connectivity index (χ2v) is 9.58. The largest absolute Gasteiger partial charge is 0.491 e. The molecule has 0 N–H and O–H groups in total. The molecule has 5 nitrogen and oxygen atoms in total. The number of sulfonamides is 1. The molecule has 1 fully saturated rings. The van der Waals surface area contributed by atoms with Crippen molar-refractivity contribution in [3.8, 4) is 5.75 Å². The number of benzene rings is 4. The Morgan fingerprint density at radius 2 is 1.53 bits per heavy atom. The van der Waals surface area contributed by atoms with Crippen LogP contribution in [0.1, 0.15) is 5.56 Å². The van der Waals surface area contributed by atoms with Crippen LogP contribution in [0.2, 0.25) is 0 Å². The van der Waals surface area contributed by atoms with Gasteiger partial charge in [0.05, 0.1) is 23.7 Å². The molecule has 6 heteroatoms. The summed E-state index contributed by atoms with van der Waals surface area (Å²) in [6.45, 7) is 1.25. The number of hydrogen-bond acceptors (Lipinski definition) is 4. The molecule has 0 bridgehead atoms. The Hall–Kier alpha value is -3.35. The summed E-state index contributed by atoms with van der Waals surface area (Å²) in [6.07, 6.45) is 0.176. The minimum absolute atomic E-state index is 0.128. The molecule has 0 amide bonds. The molecule has 0 radical (unpaired) electrons. The van der Waals surface area contributed by atoms with Crippen LogP contribution in [0.5, 0.6) is 5.75 Å². The molecule has 162 valence electrons. The summed E-state index contributed by atoms with van der Waals surface area (Å²) in [5.74, 6) is 0.576. The Morgan fingerprint density at radius 3 is 2.28 bits per heavy atom. The number of rotatable bonds is 8. The number of hydrogen-bond donors (Lipinski definition) is 0. The van der Waals surface area contributed by atoms with Crippen molar-refractivity contribution in [3.63, 3.8) is 0 Å². The third-order valence-electron chi connectivity index (χ3n) is 5.36. The van der Waals surface area contributed by atoms with E-state index in [-0.39, 0.29) is 11.9 Å². The van der Waals surface area contributed by atoms with Gasteiger partial charge in [-0.25, -0.2) is 12.7 Å². The van der Waals surface area contributed by atoms with Crippen LogP contribution in [-0.4, -0.2) is 27.7 Å². The van der Waals surface area contributed by atoms with Crippen LogP contribution in [0.15, 0.2) is 97.1 Å². The lowest BCUT2D eigenvalue weighted by molar-refractivity contribution is 0.263. The minimum atomic E-state index is -3.73. The van der Waals surface area contributed by atoms with Gasteiger partial charge in [-0.3, -0.25) is 0 Å². The number of anilines is 2. The van der Waals surface area contributed by atoms with Crippen molar-refractivity contribution in [2.45, 2.75) is 11.9 Å². The van der Waals surface area contributed by atoms with E-state index in [0.29, 0.717) is 29.3 Å². The van der Waals surface area contributed by atoms with Gasteiger partial charge < -0.3 is 9.47 Å². The van der Waals surface area contributed by atoms with Gasteiger partial charge in [-0.1, -0.05) is 66.7 Å². The molecule has 0 spiro atoms. The van der Waals surface area contributed by atoms with E-state index in [1.807, 2.05) is 72.8 Å². The molecule has 0 aromatic heterocycles. The molecular formula is C26H23NO4S. The Bertz CT molecular complexity index is 1310. The molecule has 1 unspecified atom stereocenters. The first kappa shape index (κ1) is 20.5. The molecule has 1 saturated heterocycles. The van der Waals surface area contributed by atoms with E-state index in [4.69, 9.17) is 9.47 Å². The number of epoxide rings is 1. The number of fused-ring (bicyclic) bond motifs is 1. The van der Waals surface area contributed by atoms with Crippen molar-refractivity contribution in [1.29, 1.82) is 0 Å². The molecular weight excluding hydrogens is 422 g/mol. The molecule has 1 atom stereocenters. The van der Waals surface area contributed by atoms with E-state index in [9.17, 15) is 8.42 Å². The van der Waals surface area contributed by atoms with Crippen LogP contribution >= 0.6 is 0 Å². The Morgan fingerprint density at radius 1 is 0.844 bits per heavy atom. The van der Waals surface area contributed by atoms with Gasteiger partial charge in [-0.2, -0.15) is 0 Å². The van der Waals surface area contributed by atoms with E-state index < -0.39 is 10.0 Å². The second-order valence-electron chi connectivity index (χ2n) is 7.76. The maximum atomic E-state index is 13.7. The number of nitrogens with zero attached hydrogens (tertiary/aromatic N) is 1. The zero-order chi connectivity index (χ0) is 22.0. The second kappa shape index (κ2) is 8.65. The SMILES string of the molecule is O=S(=O)(Cc1ccc(OCC2CO2)cc1)N(c1ccccc1)c1cccc2ccccc12. The van der Waals surface area contributed by atoms with Gasteiger partial charge in [0.2, 0.25) is 10.0 Å². The highest BCUT2D eigenvalue weighted by atomic mass is 32.2.